The van der Waals surface area contributed by atoms with E-state index in [0.717, 1.165) is 18.5 Å². The van der Waals surface area contributed by atoms with Crippen LogP contribution in [0.3, 0.4) is 0 Å². The number of para-hydroxylation sites is 1. The number of benzene rings is 1. The molecule has 0 radical (unpaired) electrons. The smallest absolute Gasteiger partial charge is 0.241 e. The molecule has 1 unspecified atom stereocenters. The SMILES string of the molecule is CC1CCc2ccccc2N1C(=O)C1(/C(N)=N/O)CC1. The largest absolute Gasteiger partial charge is 0.409 e. The van der Waals surface area contributed by atoms with Gasteiger partial charge in [-0.15, -0.1) is 0 Å². The van der Waals surface area contributed by atoms with Crippen molar-refractivity contribution in [1.82, 2.24) is 0 Å². The van der Waals surface area contributed by atoms with E-state index in [1.165, 1.54) is 5.56 Å². The number of fused-ring (bicyclic) bond motifs is 1. The van der Waals surface area contributed by atoms with E-state index in [4.69, 9.17) is 10.9 Å². The maximum absolute atomic E-state index is 12.9. The lowest BCUT2D eigenvalue weighted by Crippen LogP contribution is -2.49. The lowest BCUT2D eigenvalue weighted by molar-refractivity contribution is -0.122. The molecule has 1 amide bonds. The Bertz CT molecular complexity index is 578. The molecule has 0 aromatic heterocycles. The molecule has 1 heterocycles. The summed E-state index contributed by atoms with van der Waals surface area (Å²) in [5.74, 6) is 0.00482. The molecule has 106 valence electrons. The number of carbonyl (C=O) groups is 1. The highest BCUT2D eigenvalue weighted by Crippen LogP contribution is 2.49. The lowest BCUT2D eigenvalue weighted by Gasteiger charge is -2.37. The number of hydrogen-bond acceptors (Lipinski definition) is 3. The van der Waals surface area contributed by atoms with E-state index >= 15 is 0 Å². The highest BCUT2D eigenvalue weighted by atomic mass is 16.4. The fourth-order valence-electron chi connectivity index (χ4n) is 3.03. The average Bonchev–Trinajstić information content (AvgIpc) is 3.27. The number of nitrogens with zero attached hydrogens (tertiary/aromatic N) is 2. The number of aryl methyl sites for hydroxylation is 1. The summed E-state index contributed by atoms with van der Waals surface area (Å²) in [7, 11) is 0. The number of amides is 1. The van der Waals surface area contributed by atoms with Crippen molar-refractivity contribution >= 4 is 17.4 Å². The number of oxime groups is 1. The highest BCUT2D eigenvalue weighted by Gasteiger charge is 2.57. The second-order valence-electron chi connectivity index (χ2n) is 5.76. The molecule has 2 aliphatic rings. The molecule has 3 rings (SSSR count). The van der Waals surface area contributed by atoms with Crippen molar-refractivity contribution in [1.29, 1.82) is 0 Å². The number of amidine groups is 1. The molecule has 5 nitrogen and oxygen atoms in total. The monoisotopic (exact) mass is 273 g/mol. The molecular weight excluding hydrogens is 254 g/mol. The topological polar surface area (TPSA) is 78.9 Å². The summed E-state index contributed by atoms with van der Waals surface area (Å²) in [6.07, 6.45) is 3.24. The Labute approximate surface area is 118 Å². The maximum Gasteiger partial charge on any atom is 0.241 e. The Morgan fingerprint density at radius 1 is 1.45 bits per heavy atom. The molecule has 1 aliphatic heterocycles. The standard InChI is InChI=1S/C15H19N3O2/c1-10-6-7-11-4-2-3-5-12(11)18(10)14(19)15(8-9-15)13(16)17-20/h2-5,10,20H,6-9H2,1H3,(H2,16,17). The molecule has 0 saturated heterocycles. The van der Waals surface area contributed by atoms with Crippen molar-refractivity contribution in [2.24, 2.45) is 16.3 Å². The fraction of sp³-hybridized carbons (Fsp3) is 0.467. The summed E-state index contributed by atoms with van der Waals surface area (Å²) in [6.45, 7) is 2.05. The summed E-state index contributed by atoms with van der Waals surface area (Å²) in [5, 5.41) is 12.0. The van der Waals surface area contributed by atoms with Gasteiger partial charge in [0.1, 0.15) is 5.41 Å². The molecule has 1 atom stereocenters. The van der Waals surface area contributed by atoms with Crippen LogP contribution in [0.4, 0.5) is 5.69 Å². The van der Waals surface area contributed by atoms with Gasteiger partial charge < -0.3 is 15.8 Å². The van der Waals surface area contributed by atoms with E-state index in [0.29, 0.717) is 12.8 Å². The van der Waals surface area contributed by atoms with Gasteiger partial charge in [0.15, 0.2) is 5.84 Å². The van der Waals surface area contributed by atoms with Crippen molar-refractivity contribution in [2.45, 2.75) is 38.6 Å². The van der Waals surface area contributed by atoms with Crippen LogP contribution >= 0.6 is 0 Å². The molecule has 20 heavy (non-hydrogen) atoms. The van der Waals surface area contributed by atoms with Crippen LogP contribution in [-0.4, -0.2) is 23.0 Å². The molecule has 3 N–H and O–H groups in total. The lowest BCUT2D eigenvalue weighted by atomic mass is 9.93. The summed E-state index contributed by atoms with van der Waals surface area (Å²) in [5.41, 5.74) is 7.11. The molecule has 1 saturated carbocycles. The second-order valence-corrected chi connectivity index (χ2v) is 5.76. The van der Waals surface area contributed by atoms with E-state index in [1.807, 2.05) is 23.1 Å². The molecule has 0 spiro atoms. The van der Waals surface area contributed by atoms with Crippen LogP contribution < -0.4 is 10.6 Å². The van der Waals surface area contributed by atoms with Gasteiger partial charge in [0, 0.05) is 11.7 Å². The van der Waals surface area contributed by atoms with Gasteiger partial charge in [0.05, 0.1) is 0 Å². The third-order valence-electron chi connectivity index (χ3n) is 4.50. The quantitative estimate of drug-likeness (QED) is 0.374. The van der Waals surface area contributed by atoms with Crippen LogP contribution in [-0.2, 0) is 11.2 Å². The van der Waals surface area contributed by atoms with E-state index in [-0.39, 0.29) is 17.8 Å². The predicted molar refractivity (Wildman–Crippen MR) is 76.8 cm³/mol. The Morgan fingerprint density at radius 2 is 2.15 bits per heavy atom. The van der Waals surface area contributed by atoms with Gasteiger partial charge in [0.25, 0.3) is 0 Å². The molecule has 5 heteroatoms. The third-order valence-corrected chi connectivity index (χ3v) is 4.50. The Kier molecular flexibility index (Phi) is 2.92. The number of rotatable bonds is 2. The first-order chi connectivity index (χ1) is 9.60. The maximum atomic E-state index is 12.9. The third kappa shape index (κ3) is 1.77. The fourth-order valence-corrected chi connectivity index (χ4v) is 3.03. The van der Waals surface area contributed by atoms with Crippen molar-refractivity contribution in [2.75, 3.05) is 4.90 Å². The summed E-state index contributed by atoms with van der Waals surface area (Å²) >= 11 is 0. The van der Waals surface area contributed by atoms with Crippen LogP contribution in [0.1, 0.15) is 31.7 Å². The van der Waals surface area contributed by atoms with Crippen molar-refractivity contribution < 1.29 is 10.0 Å². The second kappa shape index (κ2) is 4.51. The van der Waals surface area contributed by atoms with E-state index in [9.17, 15) is 4.79 Å². The van der Waals surface area contributed by atoms with E-state index < -0.39 is 5.41 Å². The van der Waals surface area contributed by atoms with Gasteiger partial charge in [-0.1, -0.05) is 23.4 Å². The minimum Gasteiger partial charge on any atom is -0.409 e. The van der Waals surface area contributed by atoms with Crippen molar-refractivity contribution in [3.8, 4) is 0 Å². The molecule has 1 aliphatic carbocycles. The number of carbonyl (C=O) groups excluding carboxylic acids is 1. The molecule has 1 fully saturated rings. The number of nitrogens with two attached hydrogens (primary N) is 1. The average molecular weight is 273 g/mol. The first-order valence-corrected chi connectivity index (χ1v) is 7.00. The Hall–Kier alpha value is -2.04. The van der Waals surface area contributed by atoms with Crippen LogP contribution in [0.2, 0.25) is 0 Å². The summed E-state index contributed by atoms with van der Waals surface area (Å²) in [6, 6.07) is 8.12. The highest BCUT2D eigenvalue weighted by molar-refractivity contribution is 6.15. The van der Waals surface area contributed by atoms with Crippen LogP contribution in [0.25, 0.3) is 0 Å². The van der Waals surface area contributed by atoms with Gasteiger partial charge in [-0.25, -0.2) is 0 Å². The normalized spacial score (nSPS) is 24.1. The first-order valence-electron chi connectivity index (χ1n) is 7.00. The van der Waals surface area contributed by atoms with Crippen molar-refractivity contribution in [3.63, 3.8) is 0 Å². The minimum absolute atomic E-state index is 0.0348. The Morgan fingerprint density at radius 3 is 2.80 bits per heavy atom. The van der Waals surface area contributed by atoms with Crippen LogP contribution in [0, 0.1) is 5.41 Å². The van der Waals surface area contributed by atoms with Gasteiger partial charge in [0.2, 0.25) is 5.91 Å². The summed E-state index contributed by atoms with van der Waals surface area (Å²) in [4.78, 5) is 14.7. The van der Waals surface area contributed by atoms with Gasteiger partial charge in [-0.3, -0.25) is 4.79 Å². The van der Waals surface area contributed by atoms with Gasteiger partial charge in [-0.05, 0) is 44.2 Å². The van der Waals surface area contributed by atoms with E-state index in [1.54, 1.807) is 0 Å². The van der Waals surface area contributed by atoms with Crippen LogP contribution in [0.5, 0.6) is 0 Å². The number of anilines is 1. The first kappa shape index (κ1) is 13.0. The number of hydrogen-bond donors (Lipinski definition) is 2. The molecule has 0 bridgehead atoms. The molecule has 1 aromatic rings. The zero-order valence-corrected chi connectivity index (χ0v) is 11.5. The zero-order chi connectivity index (χ0) is 14.3. The predicted octanol–water partition coefficient (Wildman–Crippen LogP) is 1.88. The minimum atomic E-state index is -0.784. The summed E-state index contributed by atoms with van der Waals surface area (Å²) < 4.78 is 0. The van der Waals surface area contributed by atoms with Crippen molar-refractivity contribution in [3.05, 3.63) is 29.8 Å². The van der Waals surface area contributed by atoms with E-state index in [2.05, 4.69) is 18.1 Å². The van der Waals surface area contributed by atoms with Gasteiger partial charge >= 0.3 is 0 Å². The molecular formula is C15H19N3O2. The Balaban J connectivity index is 2.00. The zero-order valence-electron chi connectivity index (χ0n) is 11.5. The molecule has 1 aromatic carbocycles. The van der Waals surface area contributed by atoms with Crippen LogP contribution in [0.15, 0.2) is 29.4 Å². The van der Waals surface area contributed by atoms with Gasteiger partial charge in [-0.2, -0.15) is 0 Å².